The highest BCUT2D eigenvalue weighted by Crippen LogP contribution is 2.42. The standard InChI is InChI=1S/C28H25ClN2O6/c1-4-36-22-14-18(9-12-21(22)29)25(32)23-24(19-6-5-13-30-15-19)31(27(34)26(23)33)20-10-7-17(8-11-20)28(35)37-16(2)3/h5-16,24,32H,4H2,1-3H3/b25-23-. The average molecular weight is 521 g/mol. The molecule has 4 rings (SSSR count). The van der Waals surface area contributed by atoms with E-state index in [9.17, 15) is 19.5 Å². The Labute approximate surface area is 219 Å². The van der Waals surface area contributed by atoms with Crippen LogP contribution in [0.25, 0.3) is 5.76 Å². The van der Waals surface area contributed by atoms with Crippen molar-refractivity contribution in [1.29, 1.82) is 0 Å². The lowest BCUT2D eigenvalue weighted by atomic mass is 9.96. The molecule has 9 heteroatoms. The fourth-order valence-electron chi connectivity index (χ4n) is 4.06. The van der Waals surface area contributed by atoms with Crippen LogP contribution in [0.1, 0.15) is 48.3 Å². The first kappa shape index (κ1) is 25.9. The Morgan fingerprint density at radius 3 is 2.43 bits per heavy atom. The van der Waals surface area contributed by atoms with Crippen molar-refractivity contribution in [2.24, 2.45) is 0 Å². The predicted molar refractivity (Wildman–Crippen MR) is 139 cm³/mol. The summed E-state index contributed by atoms with van der Waals surface area (Å²) in [6, 6.07) is 13.2. The van der Waals surface area contributed by atoms with E-state index in [2.05, 4.69) is 4.98 Å². The molecule has 1 fully saturated rings. The molecule has 1 unspecified atom stereocenters. The summed E-state index contributed by atoms with van der Waals surface area (Å²) < 4.78 is 10.7. The van der Waals surface area contributed by atoms with Crippen LogP contribution in [0, 0.1) is 0 Å². The number of ketones is 1. The number of nitrogens with zero attached hydrogens (tertiary/aromatic N) is 2. The van der Waals surface area contributed by atoms with Gasteiger partial charge in [0, 0.05) is 23.6 Å². The molecular formula is C28H25ClN2O6. The van der Waals surface area contributed by atoms with Gasteiger partial charge in [0.15, 0.2) is 0 Å². The lowest BCUT2D eigenvalue weighted by molar-refractivity contribution is -0.132. The highest BCUT2D eigenvalue weighted by Gasteiger charge is 2.47. The van der Waals surface area contributed by atoms with Gasteiger partial charge < -0.3 is 14.6 Å². The van der Waals surface area contributed by atoms with Gasteiger partial charge in [-0.3, -0.25) is 19.5 Å². The molecule has 1 N–H and O–H groups in total. The number of aliphatic hydroxyl groups excluding tert-OH is 1. The van der Waals surface area contributed by atoms with Crippen LogP contribution in [0.15, 0.2) is 72.6 Å². The average Bonchev–Trinajstić information content (AvgIpc) is 3.15. The van der Waals surface area contributed by atoms with Crippen molar-refractivity contribution in [2.75, 3.05) is 11.5 Å². The van der Waals surface area contributed by atoms with Gasteiger partial charge >= 0.3 is 5.97 Å². The molecule has 1 aliphatic rings. The summed E-state index contributed by atoms with van der Waals surface area (Å²) >= 11 is 6.19. The van der Waals surface area contributed by atoms with Gasteiger partial charge in [0.25, 0.3) is 11.7 Å². The highest BCUT2D eigenvalue weighted by molar-refractivity contribution is 6.51. The molecule has 37 heavy (non-hydrogen) atoms. The van der Waals surface area contributed by atoms with E-state index in [0.29, 0.717) is 34.2 Å². The minimum absolute atomic E-state index is 0.105. The second-order valence-corrected chi connectivity index (χ2v) is 8.94. The Balaban J connectivity index is 1.83. The van der Waals surface area contributed by atoms with Crippen LogP contribution in [0.4, 0.5) is 5.69 Å². The van der Waals surface area contributed by atoms with Crippen LogP contribution < -0.4 is 9.64 Å². The Bertz CT molecular complexity index is 1370. The number of amides is 1. The first-order valence-corrected chi connectivity index (χ1v) is 12.0. The molecule has 0 spiro atoms. The number of anilines is 1. The molecule has 1 aliphatic heterocycles. The molecule has 190 valence electrons. The maximum absolute atomic E-state index is 13.3. The first-order valence-electron chi connectivity index (χ1n) is 11.7. The second kappa shape index (κ2) is 10.8. The zero-order chi connectivity index (χ0) is 26.7. The molecule has 2 heterocycles. The van der Waals surface area contributed by atoms with Crippen molar-refractivity contribution < 1.29 is 29.0 Å². The smallest absolute Gasteiger partial charge is 0.338 e. The molecule has 0 saturated carbocycles. The van der Waals surface area contributed by atoms with Crippen molar-refractivity contribution in [2.45, 2.75) is 32.9 Å². The fourth-order valence-corrected chi connectivity index (χ4v) is 4.24. The SMILES string of the molecule is CCOc1cc(/C(O)=C2/C(=O)C(=O)N(c3ccc(C(=O)OC(C)C)cc3)C2c2cccnc2)ccc1Cl. The molecule has 0 radical (unpaired) electrons. The van der Waals surface area contributed by atoms with Crippen molar-refractivity contribution in [3.8, 4) is 5.75 Å². The molecule has 2 aromatic carbocycles. The maximum Gasteiger partial charge on any atom is 0.338 e. The maximum atomic E-state index is 13.3. The highest BCUT2D eigenvalue weighted by atomic mass is 35.5. The van der Waals surface area contributed by atoms with Gasteiger partial charge in [0.1, 0.15) is 11.5 Å². The quantitative estimate of drug-likeness (QED) is 0.194. The van der Waals surface area contributed by atoms with E-state index in [-0.39, 0.29) is 23.0 Å². The number of rotatable bonds is 7. The van der Waals surface area contributed by atoms with E-state index in [0.717, 1.165) is 0 Å². The third kappa shape index (κ3) is 5.20. The van der Waals surface area contributed by atoms with Gasteiger partial charge in [0.2, 0.25) is 0 Å². The summed E-state index contributed by atoms with van der Waals surface area (Å²) in [5.74, 6) is -2.22. The summed E-state index contributed by atoms with van der Waals surface area (Å²) in [4.78, 5) is 44.3. The van der Waals surface area contributed by atoms with Crippen molar-refractivity contribution >= 4 is 40.7 Å². The van der Waals surface area contributed by atoms with Crippen molar-refractivity contribution in [1.82, 2.24) is 4.98 Å². The Morgan fingerprint density at radius 2 is 1.81 bits per heavy atom. The second-order valence-electron chi connectivity index (χ2n) is 8.53. The minimum atomic E-state index is -0.964. The summed E-state index contributed by atoms with van der Waals surface area (Å²) in [6.45, 7) is 5.64. The van der Waals surface area contributed by atoms with Crippen LogP contribution in [-0.4, -0.2) is 40.5 Å². The topological polar surface area (TPSA) is 106 Å². The van der Waals surface area contributed by atoms with E-state index in [1.54, 1.807) is 63.4 Å². The largest absolute Gasteiger partial charge is 0.507 e. The zero-order valence-electron chi connectivity index (χ0n) is 20.5. The molecule has 1 amide bonds. The molecule has 1 aromatic heterocycles. The fraction of sp³-hybridized carbons (Fsp3) is 0.214. The van der Waals surface area contributed by atoms with E-state index in [1.807, 2.05) is 0 Å². The number of Topliss-reactive ketones (excluding diaryl/α,β-unsaturated/α-hetero) is 1. The number of hydrogen-bond donors (Lipinski definition) is 1. The Hall–Kier alpha value is -4.17. The third-order valence-corrected chi connectivity index (χ3v) is 5.99. The number of aliphatic hydroxyl groups is 1. The summed E-state index contributed by atoms with van der Waals surface area (Å²) in [5.41, 5.74) is 1.35. The molecular weight excluding hydrogens is 496 g/mol. The summed E-state index contributed by atoms with van der Waals surface area (Å²) in [6.07, 6.45) is 2.81. The molecule has 3 aromatic rings. The van der Waals surface area contributed by atoms with E-state index in [1.165, 1.54) is 29.3 Å². The normalized spacial score (nSPS) is 16.8. The number of ether oxygens (including phenoxy) is 2. The molecule has 1 saturated heterocycles. The number of esters is 1. The zero-order valence-corrected chi connectivity index (χ0v) is 21.2. The Morgan fingerprint density at radius 1 is 1.11 bits per heavy atom. The van der Waals surface area contributed by atoms with Gasteiger partial charge in [-0.05, 0) is 74.9 Å². The lowest BCUT2D eigenvalue weighted by Crippen LogP contribution is -2.29. The number of hydrogen-bond acceptors (Lipinski definition) is 7. The number of carbonyl (C=O) groups excluding carboxylic acids is 3. The van der Waals surface area contributed by atoms with Gasteiger partial charge in [-0.25, -0.2) is 4.79 Å². The molecule has 0 aliphatic carbocycles. The summed E-state index contributed by atoms with van der Waals surface area (Å²) in [7, 11) is 0. The minimum Gasteiger partial charge on any atom is -0.507 e. The van der Waals surface area contributed by atoms with Crippen LogP contribution in [-0.2, 0) is 14.3 Å². The molecule has 1 atom stereocenters. The monoisotopic (exact) mass is 520 g/mol. The molecule has 8 nitrogen and oxygen atoms in total. The van der Waals surface area contributed by atoms with Gasteiger partial charge in [0.05, 0.1) is 34.9 Å². The molecule has 0 bridgehead atoms. The summed E-state index contributed by atoms with van der Waals surface area (Å²) in [5, 5.41) is 11.6. The number of carbonyl (C=O) groups is 3. The number of aromatic nitrogens is 1. The lowest BCUT2D eigenvalue weighted by Gasteiger charge is -2.25. The van der Waals surface area contributed by atoms with E-state index < -0.39 is 23.7 Å². The third-order valence-electron chi connectivity index (χ3n) is 5.67. The van der Waals surface area contributed by atoms with Crippen molar-refractivity contribution in [3.05, 3.63) is 94.3 Å². The van der Waals surface area contributed by atoms with Crippen LogP contribution in [0.3, 0.4) is 0 Å². The van der Waals surface area contributed by atoms with Gasteiger partial charge in [-0.1, -0.05) is 17.7 Å². The van der Waals surface area contributed by atoms with Gasteiger partial charge in [-0.2, -0.15) is 0 Å². The number of benzene rings is 2. The number of pyridine rings is 1. The number of halogens is 1. The first-order chi connectivity index (χ1) is 17.7. The van der Waals surface area contributed by atoms with E-state index in [4.69, 9.17) is 21.1 Å². The van der Waals surface area contributed by atoms with Crippen LogP contribution in [0.5, 0.6) is 5.75 Å². The van der Waals surface area contributed by atoms with Crippen LogP contribution >= 0.6 is 11.6 Å². The Kier molecular flexibility index (Phi) is 7.59. The van der Waals surface area contributed by atoms with E-state index >= 15 is 0 Å². The van der Waals surface area contributed by atoms with Crippen LogP contribution in [0.2, 0.25) is 5.02 Å². The predicted octanol–water partition coefficient (Wildman–Crippen LogP) is 5.33. The van der Waals surface area contributed by atoms with Crippen molar-refractivity contribution in [3.63, 3.8) is 0 Å². The van der Waals surface area contributed by atoms with Gasteiger partial charge in [-0.15, -0.1) is 0 Å².